The molecule has 130 valence electrons. The SMILES string of the molecule is CC(=O)N1CCN(S(=O)(=O)c2ccc3c(c2)CCC3)C(C(=O)O)C1. The van der Waals surface area contributed by atoms with Crippen molar-refractivity contribution in [2.24, 2.45) is 0 Å². The average molecular weight is 352 g/mol. The van der Waals surface area contributed by atoms with Crippen molar-refractivity contribution in [1.29, 1.82) is 0 Å². The second-order valence-corrected chi connectivity index (χ2v) is 8.11. The van der Waals surface area contributed by atoms with E-state index in [2.05, 4.69) is 0 Å². The van der Waals surface area contributed by atoms with Crippen molar-refractivity contribution < 1.29 is 23.1 Å². The third-order valence-corrected chi connectivity index (χ3v) is 6.64. The number of hydrogen-bond acceptors (Lipinski definition) is 4. The van der Waals surface area contributed by atoms with E-state index in [-0.39, 0.29) is 30.4 Å². The summed E-state index contributed by atoms with van der Waals surface area (Å²) in [4.78, 5) is 24.5. The van der Waals surface area contributed by atoms with E-state index in [1.165, 1.54) is 11.8 Å². The second kappa shape index (κ2) is 6.18. The lowest BCUT2D eigenvalue weighted by Crippen LogP contribution is -2.58. The monoisotopic (exact) mass is 352 g/mol. The van der Waals surface area contributed by atoms with Crippen LogP contribution in [0.5, 0.6) is 0 Å². The number of carboxylic acid groups (broad SMARTS) is 1. The summed E-state index contributed by atoms with van der Waals surface area (Å²) in [7, 11) is -3.91. The molecule has 0 bridgehead atoms. The molecule has 1 heterocycles. The molecule has 1 aromatic carbocycles. The van der Waals surface area contributed by atoms with E-state index in [4.69, 9.17) is 0 Å². The summed E-state index contributed by atoms with van der Waals surface area (Å²) in [6, 6.07) is 3.77. The highest BCUT2D eigenvalue weighted by Gasteiger charge is 2.41. The Morgan fingerprint density at radius 3 is 2.54 bits per heavy atom. The number of carbonyl (C=O) groups is 2. The highest BCUT2D eigenvalue weighted by molar-refractivity contribution is 7.89. The van der Waals surface area contributed by atoms with Gasteiger partial charge in [0.2, 0.25) is 15.9 Å². The normalized spacial score (nSPS) is 21.5. The number of carboxylic acids is 1. The third kappa shape index (κ3) is 2.91. The van der Waals surface area contributed by atoms with E-state index >= 15 is 0 Å². The van der Waals surface area contributed by atoms with Gasteiger partial charge in [0.05, 0.1) is 4.90 Å². The van der Waals surface area contributed by atoms with Crippen molar-refractivity contribution in [3.05, 3.63) is 29.3 Å². The number of piperazine rings is 1. The molecule has 2 aliphatic rings. The van der Waals surface area contributed by atoms with Gasteiger partial charge in [-0.25, -0.2) is 8.42 Å². The molecule has 1 aliphatic heterocycles. The minimum Gasteiger partial charge on any atom is -0.480 e. The third-order valence-electron chi connectivity index (χ3n) is 4.74. The lowest BCUT2D eigenvalue weighted by Gasteiger charge is -2.38. The molecule has 0 spiro atoms. The van der Waals surface area contributed by atoms with E-state index in [1.54, 1.807) is 12.1 Å². The number of nitrogens with zero attached hydrogens (tertiary/aromatic N) is 2. The van der Waals surface area contributed by atoms with Crippen LogP contribution in [-0.2, 0) is 32.5 Å². The molecule has 0 radical (unpaired) electrons. The number of amides is 1. The van der Waals surface area contributed by atoms with Crippen molar-refractivity contribution in [3.8, 4) is 0 Å². The molecule has 1 fully saturated rings. The first-order chi connectivity index (χ1) is 11.3. The van der Waals surface area contributed by atoms with E-state index < -0.39 is 22.0 Å². The van der Waals surface area contributed by atoms with Crippen molar-refractivity contribution in [1.82, 2.24) is 9.21 Å². The molecule has 1 aromatic rings. The Hall–Kier alpha value is -1.93. The summed E-state index contributed by atoms with van der Waals surface area (Å²) < 4.78 is 26.9. The van der Waals surface area contributed by atoms with Crippen LogP contribution in [0, 0.1) is 0 Å². The number of rotatable bonds is 3. The maximum absolute atomic E-state index is 12.9. The Kier molecular flexibility index (Phi) is 4.35. The van der Waals surface area contributed by atoms with Gasteiger partial charge in [-0.3, -0.25) is 9.59 Å². The van der Waals surface area contributed by atoms with Crippen LogP contribution in [0.15, 0.2) is 23.1 Å². The molecule has 0 aromatic heterocycles. The van der Waals surface area contributed by atoms with Gasteiger partial charge in [0, 0.05) is 26.6 Å². The highest BCUT2D eigenvalue weighted by atomic mass is 32.2. The van der Waals surface area contributed by atoms with Crippen LogP contribution >= 0.6 is 0 Å². The second-order valence-electron chi connectivity index (χ2n) is 6.22. The maximum Gasteiger partial charge on any atom is 0.323 e. The summed E-state index contributed by atoms with van der Waals surface area (Å²) in [5.41, 5.74) is 2.18. The smallest absolute Gasteiger partial charge is 0.323 e. The van der Waals surface area contributed by atoms with Gasteiger partial charge in [-0.1, -0.05) is 6.07 Å². The molecular formula is C16H20N2O5S. The predicted octanol–water partition coefficient (Wildman–Crippen LogP) is 0.481. The largest absolute Gasteiger partial charge is 0.480 e. The van der Waals surface area contributed by atoms with Crippen LogP contribution in [0.4, 0.5) is 0 Å². The van der Waals surface area contributed by atoms with Gasteiger partial charge in [0.15, 0.2) is 0 Å². The van der Waals surface area contributed by atoms with Crippen LogP contribution in [-0.4, -0.2) is 60.3 Å². The average Bonchev–Trinajstić information content (AvgIpc) is 3.01. The standard InChI is InChI=1S/C16H20N2O5S/c1-11(19)17-7-8-18(15(10-17)16(20)21)24(22,23)14-6-5-12-3-2-4-13(12)9-14/h5-6,9,15H,2-4,7-8,10H2,1H3,(H,20,21). The molecule has 1 aliphatic carbocycles. The van der Waals surface area contributed by atoms with Crippen molar-refractivity contribution in [3.63, 3.8) is 0 Å². The van der Waals surface area contributed by atoms with Gasteiger partial charge in [0.1, 0.15) is 6.04 Å². The summed E-state index contributed by atoms with van der Waals surface area (Å²) >= 11 is 0. The molecule has 1 saturated heterocycles. The predicted molar refractivity (Wildman–Crippen MR) is 86.0 cm³/mol. The molecule has 1 atom stereocenters. The van der Waals surface area contributed by atoms with Crippen LogP contribution in [0.3, 0.4) is 0 Å². The molecule has 3 rings (SSSR count). The van der Waals surface area contributed by atoms with Gasteiger partial charge in [0.25, 0.3) is 0 Å². The molecule has 0 saturated carbocycles. The first-order valence-electron chi connectivity index (χ1n) is 7.92. The number of aliphatic carboxylic acids is 1. The maximum atomic E-state index is 12.9. The number of aryl methyl sites for hydroxylation is 2. The topological polar surface area (TPSA) is 95.0 Å². The van der Waals surface area contributed by atoms with E-state index in [1.807, 2.05) is 6.07 Å². The molecule has 8 heteroatoms. The van der Waals surface area contributed by atoms with Gasteiger partial charge in [-0.2, -0.15) is 4.31 Å². The van der Waals surface area contributed by atoms with Gasteiger partial charge in [-0.05, 0) is 42.5 Å². The Balaban J connectivity index is 1.93. The van der Waals surface area contributed by atoms with Crippen LogP contribution in [0.25, 0.3) is 0 Å². The number of carbonyl (C=O) groups excluding carboxylic acids is 1. The lowest BCUT2D eigenvalue weighted by molar-refractivity contribution is -0.145. The number of benzene rings is 1. The highest BCUT2D eigenvalue weighted by Crippen LogP contribution is 2.28. The van der Waals surface area contributed by atoms with E-state index in [0.717, 1.165) is 34.7 Å². The minimum atomic E-state index is -3.91. The fourth-order valence-electron chi connectivity index (χ4n) is 3.39. The minimum absolute atomic E-state index is 0.0179. The summed E-state index contributed by atoms with van der Waals surface area (Å²) in [5.74, 6) is -1.50. The molecular weight excluding hydrogens is 332 g/mol. The summed E-state index contributed by atoms with van der Waals surface area (Å²) in [6.07, 6.45) is 2.80. The zero-order valence-corrected chi connectivity index (χ0v) is 14.3. The number of hydrogen-bond donors (Lipinski definition) is 1. The molecule has 1 N–H and O–H groups in total. The van der Waals surface area contributed by atoms with E-state index in [0.29, 0.717) is 0 Å². The van der Waals surface area contributed by atoms with Crippen LogP contribution in [0.2, 0.25) is 0 Å². The van der Waals surface area contributed by atoms with Crippen molar-refractivity contribution in [2.75, 3.05) is 19.6 Å². The van der Waals surface area contributed by atoms with Crippen molar-refractivity contribution >= 4 is 21.9 Å². The van der Waals surface area contributed by atoms with Crippen LogP contribution in [0.1, 0.15) is 24.5 Å². The number of fused-ring (bicyclic) bond motifs is 1. The quantitative estimate of drug-likeness (QED) is 0.854. The summed E-state index contributed by atoms with van der Waals surface area (Å²) in [5, 5.41) is 9.43. The molecule has 24 heavy (non-hydrogen) atoms. The Morgan fingerprint density at radius 2 is 1.88 bits per heavy atom. The van der Waals surface area contributed by atoms with Crippen LogP contribution < -0.4 is 0 Å². The molecule has 1 amide bonds. The summed E-state index contributed by atoms with van der Waals surface area (Å²) in [6.45, 7) is 1.40. The zero-order valence-electron chi connectivity index (χ0n) is 13.4. The van der Waals surface area contributed by atoms with Gasteiger partial charge in [-0.15, -0.1) is 0 Å². The first kappa shape index (κ1) is 16.9. The van der Waals surface area contributed by atoms with Gasteiger partial charge < -0.3 is 10.0 Å². The zero-order chi connectivity index (χ0) is 17.5. The fourth-order valence-corrected chi connectivity index (χ4v) is 5.00. The lowest BCUT2D eigenvalue weighted by atomic mass is 10.1. The fraction of sp³-hybridized carbons (Fsp3) is 0.500. The Bertz CT molecular complexity index is 790. The Labute approximate surface area is 140 Å². The van der Waals surface area contributed by atoms with Gasteiger partial charge >= 0.3 is 5.97 Å². The first-order valence-corrected chi connectivity index (χ1v) is 9.36. The molecule has 7 nitrogen and oxygen atoms in total. The Morgan fingerprint density at radius 1 is 1.17 bits per heavy atom. The van der Waals surface area contributed by atoms with E-state index in [9.17, 15) is 23.1 Å². The number of sulfonamides is 1. The van der Waals surface area contributed by atoms with Crippen molar-refractivity contribution in [2.45, 2.75) is 37.1 Å². The molecule has 1 unspecified atom stereocenters.